The number of nitrogens with one attached hydrogen (secondary N) is 1. The fourth-order valence-electron chi connectivity index (χ4n) is 5.09. The third-order valence-corrected chi connectivity index (χ3v) is 7.24. The van der Waals surface area contributed by atoms with Gasteiger partial charge in [-0.3, -0.25) is 9.59 Å². The summed E-state index contributed by atoms with van der Waals surface area (Å²) >= 11 is 0. The number of imidazole rings is 1. The number of aryl methyl sites for hydroxylation is 1. The van der Waals surface area contributed by atoms with Crippen molar-refractivity contribution >= 4 is 11.7 Å². The number of carbonyl (C=O) groups is 2. The predicted octanol–water partition coefficient (Wildman–Crippen LogP) is 1.89. The number of carbonyl (C=O) groups excluding carboxylic acids is 2. The number of halogens is 1. The van der Waals surface area contributed by atoms with E-state index in [0.29, 0.717) is 45.1 Å². The number of Topliss-reactive ketones (excluding diaryl/α,β-unsaturated/α-hetero) is 1. The molecule has 1 aromatic rings. The Balaban J connectivity index is 1.50. The number of hydrogen-bond acceptors (Lipinski definition) is 7. The van der Waals surface area contributed by atoms with E-state index in [1.165, 1.54) is 0 Å². The van der Waals surface area contributed by atoms with Gasteiger partial charge in [0.05, 0.1) is 17.8 Å². The second kappa shape index (κ2) is 12.4. The van der Waals surface area contributed by atoms with Crippen LogP contribution in [0.3, 0.4) is 0 Å². The molecule has 4 rings (SSSR count). The lowest BCUT2D eigenvalue weighted by atomic mass is 9.99. The molecule has 3 atom stereocenters. The van der Waals surface area contributed by atoms with E-state index in [1.54, 1.807) is 0 Å². The van der Waals surface area contributed by atoms with Crippen molar-refractivity contribution in [3.63, 3.8) is 0 Å². The topological polar surface area (TPSA) is 106 Å². The summed E-state index contributed by atoms with van der Waals surface area (Å²) in [5.41, 5.74) is 0.851. The lowest BCUT2D eigenvalue weighted by molar-refractivity contribution is -0.154. The van der Waals surface area contributed by atoms with E-state index in [9.17, 15) is 14.0 Å². The Morgan fingerprint density at radius 1 is 1.26 bits per heavy atom. The highest BCUT2D eigenvalue weighted by Gasteiger charge is 2.42. The molecular weight excluding hydrogens is 455 g/mol. The summed E-state index contributed by atoms with van der Waals surface area (Å²) in [5, 5.41) is 12.1. The average Bonchev–Trinajstić information content (AvgIpc) is 3.64. The van der Waals surface area contributed by atoms with Gasteiger partial charge in [-0.2, -0.15) is 0 Å². The molecule has 0 aromatic carbocycles. The Labute approximate surface area is 206 Å². The Bertz CT molecular complexity index is 855. The van der Waals surface area contributed by atoms with Crippen LogP contribution in [-0.4, -0.2) is 89.1 Å². The molecule has 0 bridgehead atoms. The molecule has 2 N–H and O–H groups in total. The number of ketones is 1. The van der Waals surface area contributed by atoms with E-state index in [2.05, 4.69) is 16.1 Å². The number of aromatic nitrogens is 2. The predicted molar refractivity (Wildman–Crippen MR) is 127 cm³/mol. The van der Waals surface area contributed by atoms with Crippen LogP contribution >= 0.6 is 0 Å². The van der Waals surface area contributed by atoms with E-state index in [-0.39, 0.29) is 23.8 Å². The SMILES string of the molecule is C[C@H](c1cn(CCCCC(=O)CO)c(C2CCOCC2)n1)N(C(=O)[C@H]1CNC[C@@H](CF)O1)C1CC1. The van der Waals surface area contributed by atoms with Crippen LogP contribution in [0.5, 0.6) is 0 Å². The summed E-state index contributed by atoms with van der Waals surface area (Å²) in [4.78, 5) is 31.9. The van der Waals surface area contributed by atoms with Crippen LogP contribution in [-0.2, 0) is 25.6 Å². The molecule has 0 unspecified atom stereocenters. The second-order valence-corrected chi connectivity index (χ2v) is 9.97. The Morgan fingerprint density at radius 2 is 2.03 bits per heavy atom. The standard InChI is InChI=1S/C25H39FN4O5/c1-17(30(19-5-6-19)25(33)23-14-27-13-21(12-26)35-23)22-15-29(9-3-2-4-20(32)16-31)24(28-22)18-7-10-34-11-8-18/h15,17-19,21,23,27,31H,2-14,16H2,1H3/t17-,21-,23-/m1/s1. The van der Waals surface area contributed by atoms with Gasteiger partial charge in [-0.15, -0.1) is 0 Å². The van der Waals surface area contributed by atoms with Crippen molar-refractivity contribution < 1.29 is 28.6 Å². The van der Waals surface area contributed by atoms with Gasteiger partial charge in [-0.25, -0.2) is 9.37 Å². The monoisotopic (exact) mass is 494 g/mol. The highest BCUT2D eigenvalue weighted by Crippen LogP contribution is 2.36. The van der Waals surface area contributed by atoms with Crippen molar-refractivity contribution in [3.8, 4) is 0 Å². The summed E-state index contributed by atoms with van der Waals surface area (Å²) in [6.45, 7) is 3.96. The van der Waals surface area contributed by atoms with Crippen LogP contribution in [0, 0.1) is 0 Å². The normalized spacial score (nSPS) is 24.3. The zero-order valence-electron chi connectivity index (χ0n) is 20.7. The molecule has 196 valence electrons. The van der Waals surface area contributed by atoms with Gasteiger partial charge in [0.2, 0.25) is 0 Å². The van der Waals surface area contributed by atoms with Crippen LogP contribution in [0.1, 0.15) is 75.3 Å². The molecule has 1 aromatic heterocycles. The summed E-state index contributed by atoms with van der Waals surface area (Å²) in [5.74, 6) is 1.07. The maximum Gasteiger partial charge on any atom is 0.253 e. The molecule has 0 radical (unpaired) electrons. The van der Waals surface area contributed by atoms with Crippen molar-refractivity contribution in [3.05, 3.63) is 17.7 Å². The minimum atomic E-state index is -0.686. The second-order valence-electron chi connectivity index (χ2n) is 9.97. The number of ether oxygens (including phenoxy) is 2. The van der Waals surface area contributed by atoms with E-state index in [4.69, 9.17) is 19.6 Å². The fraction of sp³-hybridized carbons (Fsp3) is 0.800. The number of hydrogen-bond donors (Lipinski definition) is 2. The molecule has 3 heterocycles. The molecule has 1 saturated carbocycles. The molecule has 1 amide bonds. The maximum atomic E-state index is 13.5. The molecule has 0 spiro atoms. The van der Waals surface area contributed by atoms with Crippen LogP contribution in [0.4, 0.5) is 4.39 Å². The first-order chi connectivity index (χ1) is 17.0. The van der Waals surface area contributed by atoms with Crippen LogP contribution in [0.15, 0.2) is 6.20 Å². The highest BCUT2D eigenvalue weighted by molar-refractivity contribution is 5.82. The fourth-order valence-corrected chi connectivity index (χ4v) is 5.09. The number of aliphatic hydroxyl groups is 1. The summed E-state index contributed by atoms with van der Waals surface area (Å²) in [7, 11) is 0. The number of alkyl halides is 1. The zero-order valence-corrected chi connectivity index (χ0v) is 20.7. The lowest BCUT2D eigenvalue weighted by Crippen LogP contribution is -2.54. The van der Waals surface area contributed by atoms with Crippen molar-refractivity contribution in [2.45, 2.75) is 88.6 Å². The number of unbranched alkanes of at least 4 members (excludes halogenated alkanes) is 1. The molecule has 9 nitrogen and oxygen atoms in total. The minimum Gasteiger partial charge on any atom is -0.389 e. The Morgan fingerprint density at radius 3 is 2.71 bits per heavy atom. The molecular formula is C25H39FN4O5. The molecule has 3 fully saturated rings. The number of rotatable bonds is 12. The minimum absolute atomic E-state index is 0.102. The number of nitrogens with zero attached hydrogens (tertiary/aromatic N) is 3. The van der Waals surface area contributed by atoms with Gasteiger partial charge in [0, 0.05) is 57.4 Å². The molecule has 35 heavy (non-hydrogen) atoms. The van der Waals surface area contributed by atoms with Crippen LogP contribution < -0.4 is 5.32 Å². The molecule has 2 saturated heterocycles. The van der Waals surface area contributed by atoms with Crippen molar-refractivity contribution in [2.24, 2.45) is 0 Å². The van der Waals surface area contributed by atoms with E-state index < -0.39 is 25.5 Å². The van der Waals surface area contributed by atoms with Gasteiger partial charge in [0.15, 0.2) is 5.78 Å². The summed E-state index contributed by atoms with van der Waals surface area (Å²) in [6.07, 6.45) is 6.39. The van der Waals surface area contributed by atoms with Gasteiger partial charge < -0.3 is 29.4 Å². The number of aliphatic hydroxyl groups excluding tert-OH is 1. The van der Waals surface area contributed by atoms with E-state index in [1.807, 2.05) is 11.8 Å². The molecule has 1 aliphatic carbocycles. The average molecular weight is 495 g/mol. The van der Waals surface area contributed by atoms with Crippen molar-refractivity contribution in [1.82, 2.24) is 19.8 Å². The third kappa shape index (κ3) is 6.67. The first-order valence-corrected chi connectivity index (χ1v) is 13.0. The van der Waals surface area contributed by atoms with Gasteiger partial charge in [-0.1, -0.05) is 0 Å². The highest BCUT2D eigenvalue weighted by atomic mass is 19.1. The maximum absolute atomic E-state index is 13.5. The first kappa shape index (κ1) is 26.2. The summed E-state index contributed by atoms with van der Waals surface area (Å²) < 4.78 is 26.7. The molecule has 2 aliphatic heterocycles. The van der Waals surface area contributed by atoms with Gasteiger partial charge >= 0.3 is 0 Å². The smallest absolute Gasteiger partial charge is 0.253 e. The quantitative estimate of drug-likeness (QED) is 0.428. The van der Waals surface area contributed by atoms with Crippen molar-refractivity contribution in [1.29, 1.82) is 0 Å². The van der Waals surface area contributed by atoms with Crippen LogP contribution in [0.25, 0.3) is 0 Å². The van der Waals surface area contributed by atoms with Crippen molar-refractivity contribution in [2.75, 3.05) is 39.6 Å². The zero-order chi connectivity index (χ0) is 24.8. The number of amides is 1. The van der Waals surface area contributed by atoms with Gasteiger partial charge in [0.1, 0.15) is 25.2 Å². The molecule has 3 aliphatic rings. The molecule has 10 heteroatoms. The van der Waals surface area contributed by atoms with Gasteiger partial charge in [-0.05, 0) is 45.4 Å². The third-order valence-electron chi connectivity index (χ3n) is 7.24. The van der Waals surface area contributed by atoms with Crippen LogP contribution in [0.2, 0.25) is 0 Å². The van der Waals surface area contributed by atoms with E-state index >= 15 is 0 Å². The lowest BCUT2D eigenvalue weighted by Gasteiger charge is -2.35. The van der Waals surface area contributed by atoms with Gasteiger partial charge in [0.25, 0.3) is 5.91 Å². The van der Waals surface area contributed by atoms with E-state index in [0.717, 1.165) is 50.2 Å². The first-order valence-electron chi connectivity index (χ1n) is 13.0. The number of morpholine rings is 1. The Kier molecular flexibility index (Phi) is 9.27. The largest absolute Gasteiger partial charge is 0.389 e. The Hall–Kier alpha value is -1.88. The summed E-state index contributed by atoms with van der Waals surface area (Å²) in [6, 6.07) is -0.0619.